The summed E-state index contributed by atoms with van der Waals surface area (Å²) in [5.74, 6) is 0. The molecule has 0 aliphatic carbocycles. The van der Waals surface area contributed by atoms with Crippen molar-refractivity contribution in [1.29, 1.82) is 0 Å². The first-order chi connectivity index (χ1) is 7.76. The predicted octanol–water partition coefficient (Wildman–Crippen LogP) is 1.67. The van der Waals surface area contributed by atoms with Gasteiger partial charge in [-0.25, -0.2) is 0 Å². The van der Waals surface area contributed by atoms with Crippen molar-refractivity contribution in [2.45, 2.75) is 43.1 Å². The molecule has 2 saturated heterocycles. The molecule has 0 aromatic carbocycles. The highest BCUT2D eigenvalue weighted by Crippen LogP contribution is 2.33. The number of thioether (sulfide) groups is 1. The third-order valence-electron chi connectivity index (χ3n) is 3.90. The van der Waals surface area contributed by atoms with Crippen LogP contribution >= 0.6 is 11.8 Å². The fourth-order valence-corrected chi connectivity index (χ4v) is 3.32. The van der Waals surface area contributed by atoms with Crippen LogP contribution in [-0.2, 0) is 9.47 Å². The van der Waals surface area contributed by atoms with Crippen LogP contribution in [0.5, 0.6) is 0 Å². The molecule has 0 bridgehead atoms. The van der Waals surface area contributed by atoms with Crippen LogP contribution in [0.1, 0.15) is 26.2 Å². The van der Waals surface area contributed by atoms with Crippen LogP contribution in [0.25, 0.3) is 0 Å². The van der Waals surface area contributed by atoms with Gasteiger partial charge in [0, 0.05) is 37.2 Å². The fraction of sp³-hybridized carbons (Fsp3) is 1.00. The van der Waals surface area contributed by atoms with Gasteiger partial charge in [-0.05, 0) is 32.4 Å². The summed E-state index contributed by atoms with van der Waals surface area (Å²) < 4.78 is 11.4. The first-order valence-electron chi connectivity index (χ1n) is 6.24. The molecule has 2 fully saturated rings. The van der Waals surface area contributed by atoms with Crippen molar-refractivity contribution < 1.29 is 9.47 Å². The molecular weight excluding hydrogens is 222 g/mol. The second-order valence-electron chi connectivity index (χ2n) is 4.85. The summed E-state index contributed by atoms with van der Waals surface area (Å²) in [7, 11) is 0. The average molecular weight is 245 g/mol. The highest BCUT2D eigenvalue weighted by molar-refractivity contribution is 8.00. The summed E-state index contributed by atoms with van der Waals surface area (Å²) in [6.45, 7) is 6.00. The first kappa shape index (κ1) is 12.7. The smallest absolute Gasteiger partial charge is 0.0700 e. The molecule has 0 amide bonds. The van der Waals surface area contributed by atoms with Crippen LogP contribution in [0.2, 0.25) is 0 Å². The molecule has 2 aliphatic heterocycles. The van der Waals surface area contributed by atoms with Crippen LogP contribution in [0.4, 0.5) is 0 Å². The molecular formula is C12H23NO2S. The minimum absolute atomic E-state index is 0.374. The van der Waals surface area contributed by atoms with E-state index in [-0.39, 0.29) is 0 Å². The minimum atomic E-state index is 0.374. The molecule has 3 nitrogen and oxygen atoms in total. The predicted molar refractivity (Wildman–Crippen MR) is 68.1 cm³/mol. The Morgan fingerprint density at radius 2 is 2.06 bits per heavy atom. The molecule has 2 unspecified atom stereocenters. The van der Waals surface area contributed by atoms with Gasteiger partial charge in [0.1, 0.15) is 0 Å². The highest BCUT2D eigenvalue weighted by Gasteiger charge is 2.33. The molecule has 0 saturated carbocycles. The molecule has 0 aromatic heterocycles. The van der Waals surface area contributed by atoms with Crippen molar-refractivity contribution in [1.82, 2.24) is 5.32 Å². The van der Waals surface area contributed by atoms with Gasteiger partial charge in [-0.15, -0.1) is 0 Å². The van der Waals surface area contributed by atoms with Gasteiger partial charge in [0.05, 0.1) is 6.10 Å². The van der Waals surface area contributed by atoms with Crippen molar-refractivity contribution in [3.05, 3.63) is 0 Å². The van der Waals surface area contributed by atoms with Crippen molar-refractivity contribution in [3.63, 3.8) is 0 Å². The van der Waals surface area contributed by atoms with Gasteiger partial charge in [-0.1, -0.05) is 0 Å². The van der Waals surface area contributed by atoms with Gasteiger partial charge in [-0.2, -0.15) is 11.8 Å². The second-order valence-corrected chi connectivity index (χ2v) is 6.13. The largest absolute Gasteiger partial charge is 0.381 e. The average Bonchev–Trinajstić information content (AvgIpc) is 2.74. The van der Waals surface area contributed by atoms with E-state index in [0.29, 0.717) is 16.9 Å². The summed E-state index contributed by atoms with van der Waals surface area (Å²) in [5, 5.41) is 3.69. The summed E-state index contributed by atoms with van der Waals surface area (Å²) in [6, 6.07) is 0.548. The molecule has 0 spiro atoms. The number of nitrogens with one attached hydrogen (secondary N) is 1. The molecule has 94 valence electrons. The molecule has 2 heterocycles. The van der Waals surface area contributed by atoms with Gasteiger partial charge in [0.15, 0.2) is 0 Å². The SMILES string of the molecule is CSC1(CNC2CCOC2C)CCOCC1. The summed E-state index contributed by atoms with van der Waals surface area (Å²) in [4.78, 5) is 0. The third kappa shape index (κ3) is 2.92. The first-order valence-corrected chi connectivity index (χ1v) is 7.46. The number of rotatable bonds is 4. The van der Waals surface area contributed by atoms with Crippen LogP contribution < -0.4 is 5.32 Å². The molecule has 16 heavy (non-hydrogen) atoms. The topological polar surface area (TPSA) is 30.5 Å². The third-order valence-corrected chi connectivity index (χ3v) is 5.32. The lowest BCUT2D eigenvalue weighted by Crippen LogP contribution is -2.47. The monoisotopic (exact) mass is 245 g/mol. The zero-order chi connectivity index (χ0) is 11.4. The highest BCUT2D eigenvalue weighted by atomic mass is 32.2. The van der Waals surface area contributed by atoms with E-state index in [0.717, 1.165) is 32.8 Å². The van der Waals surface area contributed by atoms with Gasteiger partial charge in [0.25, 0.3) is 0 Å². The van der Waals surface area contributed by atoms with E-state index < -0.39 is 0 Å². The van der Waals surface area contributed by atoms with E-state index in [1.54, 1.807) is 0 Å². The Morgan fingerprint density at radius 3 is 2.62 bits per heavy atom. The Hall–Kier alpha value is 0.230. The van der Waals surface area contributed by atoms with E-state index in [4.69, 9.17) is 9.47 Å². The molecule has 1 N–H and O–H groups in total. The van der Waals surface area contributed by atoms with E-state index in [9.17, 15) is 0 Å². The lowest BCUT2D eigenvalue weighted by molar-refractivity contribution is 0.0742. The summed E-state index contributed by atoms with van der Waals surface area (Å²) >= 11 is 1.99. The van der Waals surface area contributed by atoms with E-state index in [1.165, 1.54) is 12.8 Å². The Kier molecular flexibility index (Phi) is 4.53. The number of hydrogen-bond donors (Lipinski definition) is 1. The van der Waals surface area contributed by atoms with Crippen LogP contribution in [-0.4, -0.2) is 49.5 Å². The Balaban J connectivity index is 1.82. The standard InChI is InChI=1S/C12H23NO2S/c1-10-11(3-6-15-10)13-9-12(16-2)4-7-14-8-5-12/h10-11,13H,3-9H2,1-2H3. The molecule has 0 aromatic rings. The van der Waals surface area contributed by atoms with Crippen LogP contribution in [0.3, 0.4) is 0 Å². The Labute approximate surface area is 103 Å². The van der Waals surface area contributed by atoms with Crippen molar-refractivity contribution in [2.75, 3.05) is 32.6 Å². The fourth-order valence-electron chi connectivity index (χ4n) is 2.51. The van der Waals surface area contributed by atoms with E-state index >= 15 is 0 Å². The molecule has 0 radical (unpaired) electrons. The molecule has 4 heteroatoms. The maximum atomic E-state index is 5.58. The van der Waals surface area contributed by atoms with Gasteiger partial charge in [0.2, 0.25) is 0 Å². The minimum Gasteiger partial charge on any atom is -0.381 e. The Morgan fingerprint density at radius 1 is 1.31 bits per heavy atom. The number of hydrogen-bond acceptors (Lipinski definition) is 4. The molecule has 2 aliphatic rings. The maximum absolute atomic E-state index is 5.58. The van der Waals surface area contributed by atoms with Crippen LogP contribution in [0, 0.1) is 0 Å². The molecule has 2 rings (SSSR count). The van der Waals surface area contributed by atoms with Crippen LogP contribution in [0.15, 0.2) is 0 Å². The maximum Gasteiger partial charge on any atom is 0.0700 e. The van der Waals surface area contributed by atoms with Crippen molar-refractivity contribution >= 4 is 11.8 Å². The second kappa shape index (κ2) is 5.71. The van der Waals surface area contributed by atoms with Gasteiger partial charge in [-0.3, -0.25) is 0 Å². The summed E-state index contributed by atoms with van der Waals surface area (Å²) in [5.41, 5.74) is 0. The molecule has 2 atom stereocenters. The normalized spacial score (nSPS) is 34.1. The zero-order valence-electron chi connectivity index (χ0n) is 10.3. The van der Waals surface area contributed by atoms with E-state index in [2.05, 4.69) is 18.5 Å². The lowest BCUT2D eigenvalue weighted by atomic mass is 9.98. The number of ether oxygens (including phenoxy) is 2. The van der Waals surface area contributed by atoms with Crippen molar-refractivity contribution in [2.24, 2.45) is 0 Å². The quantitative estimate of drug-likeness (QED) is 0.816. The zero-order valence-corrected chi connectivity index (χ0v) is 11.1. The van der Waals surface area contributed by atoms with Crippen molar-refractivity contribution in [3.8, 4) is 0 Å². The van der Waals surface area contributed by atoms with E-state index in [1.807, 2.05) is 11.8 Å². The summed E-state index contributed by atoms with van der Waals surface area (Å²) in [6.07, 6.45) is 6.09. The Bertz CT molecular complexity index is 219. The lowest BCUT2D eigenvalue weighted by Gasteiger charge is -2.37. The van der Waals surface area contributed by atoms with Gasteiger partial charge < -0.3 is 14.8 Å². The van der Waals surface area contributed by atoms with Gasteiger partial charge >= 0.3 is 0 Å².